The molecule has 0 saturated carbocycles. The van der Waals surface area contributed by atoms with Gasteiger partial charge in [0.15, 0.2) is 5.96 Å². The van der Waals surface area contributed by atoms with Crippen LogP contribution in [-0.2, 0) is 16.6 Å². The topological polar surface area (TPSA) is 49.8 Å². The molecule has 1 unspecified atom stereocenters. The molecule has 1 N–H and O–H groups in total. The van der Waals surface area contributed by atoms with Gasteiger partial charge in [0.2, 0.25) is 0 Å². The Morgan fingerprint density at radius 2 is 2.24 bits per heavy atom. The molecule has 2 rings (SSSR count). The van der Waals surface area contributed by atoms with Gasteiger partial charge in [-0.15, -0.1) is 35.3 Å². The van der Waals surface area contributed by atoms with Gasteiger partial charge in [-0.2, -0.15) is 0 Å². The van der Waals surface area contributed by atoms with Gasteiger partial charge in [0, 0.05) is 56.4 Å². The van der Waals surface area contributed by atoms with E-state index in [9.17, 15) is 0 Å². The van der Waals surface area contributed by atoms with Crippen LogP contribution in [0.3, 0.4) is 0 Å². The number of aromatic nitrogens is 1. The Balaban J connectivity index is 0.00000312. The minimum absolute atomic E-state index is 0. The minimum atomic E-state index is 0. The zero-order valence-corrected chi connectivity index (χ0v) is 19.3. The van der Waals surface area contributed by atoms with Crippen molar-refractivity contribution in [3.05, 3.63) is 16.1 Å². The molecule has 7 heteroatoms. The molecule has 0 spiro atoms. The highest BCUT2D eigenvalue weighted by Crippen LogP contribution is 2.24. The van der Waals surface area contributed by atoms with Gasteiger partial charge >= 0.3 is 0 Å². The second-order valence-corrected chi connectivity index (χ2v) is 8.36. The Morgan fingerprint density at radius 1 is 1.48 bits per heavy atom. The third-order valence-corrected chi connectivity index (χ3v) is 5.14. The van der Waals surface area contributed by atoms with Gasteiger partial charge in [0.1, 0.15) is 0 Å². The number of guanidine groups is 1. The summed E-state index contributed by atoms with van der Waals surface area (Å²) in [5.41, 5.74) is 1.30. The Kier molecular flexibility index (Phi) is 9.66. The van der Waals surface area contributed by atoms with Crippen molar-refractivity contribution < 1.29 is 4.74 Å². The summed E-state index contributed by atoms with van der Waals surface area (Å²) in [5.74, 6) is 1.65. The van der Waals surface area contributed by atoms with Crippen LogP contribution in [0.15, 0.2) is 10.4 Å². The summed E-state index contributed by atoms with van der Waals surface area (Å²) in [5, 5.41) is 6.78. The average molecular weight is 480 g/mol. The van der Waals surface area contributed by atoms with Crippen molar-refractivity contribution in [1.29, 1.82) is 0 Å². The molecule has 1 fully saturated rings. The summed E-state index contributed by atoms with van der Waals surface area (Å²) >= 11 is 1.75. The Morgan fingerprint density at radius 3 is 2.84 bits per heavy atom. The van der Waals surface area contributed by atoms with E-state index in [0.717, 1.165) is 45.2 Å². The standard InChI is InChI=1S/C18H32N4OS.HI/c1-6-19-17(22-10-8-14(11-22)12-23-5)20-9-7-16-21-15(13-24-16)18(2,3)4;/h13-14H,6-12H2,1-5H3,(H,19,20);1H. The maximum atomic E-state index is 5.29. The lowest BCUT2D eigenvalue weighted by atomic mass is 9.93. The van der Waals surface area contributed by atoms with Crippen LogP contribution in [-0.4, -0.2) is 55.7 Å². The van der Waals surface area contributed by atoms with Crippen molar-refractivity contribution in [3.8, 4) is 0 Å². The summed E-state index contributed by atoms with van der Waals surface area (Å²) in [6.07, 6.45) is 2.09. The molecule has 1 aromatic heterocycles. The highest BCUT2D eigenvalue weighted by Gasteiger charge is 2.24. The van der Waals surface area contributed by atoms with E-state index >= 15 is 0 Å². The minimum Gasteiger partial charge on any atom is -0.384 e. The number of nitrogens with zero attached hydrogens (tertiary/aromatic N) is 3. The molecular formula is C18H33IN4OS. The molecule has 1 saturated heterocycles. The van der Waals surface area contributed by atoms with Crippen LogP contribution < -0.4 is 5.32 Å². The molecule has 2 heterocycles. The largest absolute Gasteiger partial charge is 0.384 e. The van der Waals surface area contributed by atoms with E-state index in [4.69, 9.17) is 14.7 Å². The molecule has 5 nitrogen and oxygen atoms in total. The fraction of sp³-hybridized carbons (Fsp3) is 0.778. The Bertz CT molecular complexity index is 541. The highest BCUT2D eigenvalue weighted by molar-refractivity contribution is 14.0. The predicted octanol–water partition coefficient (Wildman–Crippen LogP) is 3.53. The van der Waals surface area contributed by atoms with Gasteiger partial charge in [-0.3, -0.25) is 4.99 Å². The van der Waals surface area contributed by atoms with E-state index in [1.54, 1.807) is 18.4 Å². The van der Waals surface area contributed by atoms with Crippen LogP contribution in [0.25, 0.3) is 0 Å². The van der Waals surface area contributed by atoms with Gasteiger partial charge in [0.25, 0.3) is 0 Å². The number of aliphatic imine (C=N–C) groups is 1. The van der Waals surface area contributed by atoms with Crippen LogP contribution in [0.2, 0.25) is 0 Å². The van der Waals surface area contributed by atoms with E-state index in [2.05, 4.69) is 43.3 Å². The maximum Gasteiger partial charge on any atom is 0.193 e. The summed E-state index contributed by atoms with van der Waals surface area (Å²) in [6.45, 7) is 13.3. The van der Waals surface area contributed by atoms with Crippen molar-refractivity contribution >= 4 is 41.3 Å². The lowest BCUT2D eigenvalue weighted by Gasteiger charge is -2.21. The fourth-order valence-corrected chi connectivity index (χ4v) is 3.86. The first-order valence-electron chi connectivity index (χ1n) is 8.91. The third kappa shape index (κ3) is 7.02. The Labute approximate surface area is 173 Å². The van der Waals surface area contributed by atoms with E-state index in [0.29, 0.717) is 5.92 Å². The van der Waals surface area contributed by atoms with Gasteiger partial charge in [-0.25, -0.2) is 4.98 Å². The van der Waals surface area contributed by atoms with E-state index in [-0.39, 0.29) is 29.4 Å². The first-order chi connectivity index (χ1) is 11.4. The normalized spacial score (nSPS) is 18.4. The SMILES string of the molecule is CCNC(=NCCc1nc(C(C)(C)C)cs1)N1CCC(COC)C1.I. The number of methoxy groups -OCH3 is 1. The van der Waals surface area contributed by atoms with Gasteiger partial charge < -0.3 is 15.0 Å². The number of ether oxygens (including phenoxy) is 1. The van der Waals surface area contributed by atoms with Crippen molar-refractivity contribution in [2.24, 2.45) is 10.9 Å². The van der Waals surface area contributed by atoms with Crippen LogP contribution in [0.4, 0.5) is 0 Å². The molecule has 0 aliphatic carbocycles. The number of thiazole rings is 1. The number of halogens is 1. The molecule has 1 aliphatic rings. The molecular weight excluding hydrogens is 447 g/mol. The molecule has 1 aliphatic heterocycles. The number of rotatable bonds is 6. The van der Waals surface area contributed by atoms with E-state index < -0.39 is 0 Å². The Hall–Kier alpha value is -0.410. The summed E-state index contributed by atoms with van der Waals surface area (Å²) in [6, 6.07) is 0. The molecule has 25 heavy (non-hydrogen) atoms. The lowest BCUT2D eigenvalue weighted by molar-refractivity contribution is 0.157. The zero-order valence-electron chi connectivity index (χ0n) is 16.2. The van der Waals surface area contributed by atoms with Crippen LogP contribution >= 0.6 is 35.3 Å². The highest BCUT2D eigenvalue weighted by atomic mass is 127. The van der Waals surface area contributed by atoms with E-state index in [1.807, 2.05) is 0 Å². The number of likely N-dealkylation sites (tertiary alicyclic amines) is 1. The van der Waals surface area contributed by atoms with Crippen molar-refractivity contribution in [1.82, 2.24) is 15.2 Å². The third-order valence-electron chi connectivity index (χ3n) is 4.23. The molecule has 1 atom stereocenters. The first-order valence-corrected chi connectivity index (χ1v) is 9.79. The molecule has 0 radical (unpaired) electrons. The van der Waals surface area contributed by atoms with Gasteiger partial charge in [0.05, 0.1) is 17.3 Å². The number of nitrogens with one attached hydrogen (secondary N) is 1. The predicted molar refractivity (Wildman–Crippen MR) is 117 cm³/mol. The summed E-state index contributed by atoms with van der Waals surface area (Å²) < 4.78 is 5.29. The summed E-state index contributed by atoms with van der Waals surface area (Å²) in [4.78, 5) is 11.9. The lowest BCUT2D eigenvalue weighted by Crippen LogP contribution is -2.40. The number of hydrogen-bond donors (Lipinski definition) is 1. The molecule has 0 amide bonds. The van der Waals surface area contributed by atoms with Crippen LogP contribution in [0, 0.1) is 5.92 Å². The molecule has 0 aromatic carbocycles. The van der Waals surface area contributed by atoms with Gasteiger partial charge in [-0.1, -0.05) is 20.8 Å². The van der Waals surface area contributed by atoms with Crippen molar-refractivity contribution in [3.63, 3.8) is 0 Å². The van der Waals surface area contributed by atoms with Crippen molar-refractivity contribution in [2.45, 2.75) is 46.0 Å². The van der Waals surface area contributed by atoms with Gasteiger partial charge in [-0.05, 0) is 13.3 Å². The van der Waals surface area contributed by atoms with Crippen molar-refractivity contribution in [2.75, 3.05) is 39.9 Å². The monoisotopic (exact) mass is 480 g/mol. The smallest absolute Gasteiger partial charge is 0.193 e. The molecule has 1 aromatic rings. The summed E-state index contributed by atoms with van der Waals surface area (Å²) in [7, 11) is 1.78. The number of hydrogen-bond acceptors (Lipinski definition) is 4. The first kappa shape index (κ1) is 22.6. The zero-order chi connectivity index (χ0) is 17.6. The second-order valence-electron chi connectivity index (χ2n) is 7.42. The average Bonchev–Trinajstić information content (AvgIpc) is 3.15. The second kappa shape index (κ2) is 10.7. The maximum absolute atomic E-state index is 5.29. The molecule has 0 bridgehead atoms. The van der Waals surface area contributed by atoms with Crippen LogP contribution in [0.5, 0.6) is 0 Å². The van der Waals surface area contributed by atoms with E-state index in [1.165, 1.54) is 17.1 Å². The van der Waals surface area contributed by atoms with Crippen LogP contribution in [0.1, 0.15) is 44.8 Å². The quantitative estimate of drug-likeness (QED) is 0.385. The molecule has 144 valence electrons. The fourth-order valence-electron chi connectivity index (χ4n) is 2.85.